The van der Waals surface area contributed by atoms with Crippen molar-refractivity contribution in [3.8, 4) is 0 Å². The summed E-state index contributed by atoms with van der Waals surface area (Å²) in [6.07, 6.45) is 1.99. The number of ether oxygens (including phenoxy) is 1. The minimum absolute atomic E-state index is 0.0479. The van der Waals surface area contributed by atoms with Crippen molar-refractivity contribution in [1.29, 1.82) is 0 Å². The lowest BCUT2D eigenvalue weighted by Gasteiger charge is -2.38. The zero-order valence-corrected chi connectivity index (χ0v) is 13.7. The van der Waals surface area contributed by atoms with Crippen LogP contribution < -0.4 is 10.6 Å². The van der Waals surface area contributed by atoms with Crippen molar-refractivity contribution < 1.29 is 9.53 Å². The molecule has 0 radical (unpaired) electrons. The highest BCUT2D eigenvalue weighted by atomic mass is 16.5. The van der Waals surface area contributed by atoms with E-state index in [9.17, 15) is 4.79 Å². The number of rotatable bonds is 2. The summed E-state index contributed by atoms with van der Waals surface area (Å²) in [5.74, 6) is 0.0479. The monoisotopic (exact) mass is 302 g/mol. The Kier molecular flexibility index (Phi) is 4.24. The Morgan fingerprint density at radius 2 is 2.14 bits per heavy atom. The van der Waals surface area contributed by atoms with E-state index in [1.54, 1.807) is 0 Å². The zero-order chi connectivity index (χ0) is 15.7. The Bertz CT molecular complexity index is 556. The fourth-order valence-electron chi connectivity index (χ4n) is 3.65. The molecule has 0 bridgehead atoms. The second kappa shape index (κ2) is 6.01. The highest BCUT2D eigenvalue weighted by molar-refractivity contribution is 5.83. The molecule has 2 aliphatic rings. The fraction of sp³-hybridized carbons (Fsp3) is 0.611. The van der Waals surface area contributed by atoms with Crippen molar-refractivity contribution in [3.05, 3.63) is 35.4 Å². The van der Waals surface area contributed by atoms with Gasteiger partial charge in [0.2, 0.25) is 5.91 Å². The number of hydrogen-bond donors (Lipinski definition) is 2. The fourth-order valence-corrected chi connectivity index (χ4v) is 3.65. The smallest absolute Gasteiger partial charge is 0.240 e. The van der Waals surface area contributed by atoms with E-state index >= 15 is 0 Å². The number of benzene rings is 1. The van der Waals surface area contributed by atoms with Gasteiger partial charge in [-0.05, 0) is 36.3 Å². The van der Waals surface area contributed by atoms with Crippen LogP contribution in [0.15, 0.2) is 24.3 Å². The van der Waals surface area contributed by atoms with Crippen LogP contribution in [0, 0.1) is 0 Å². The zero-order valence-electron chi connectivity index (χ0n) is 13.7. The van der Waals surface area contributed by atoms with Gasteiger partial charge >= 0.3 is 0 Å². The Labute approximate surface area is 132 Å². The maximum Gasteiger partial charge on any atom is 0.240 e. The summed E-state index contributed by atoms with van der Waals surface area (Å²) >= 11 is 0. The molecule has 1 fully saturated rings. The predicted molar refractivity (Wildman–Crippen MR) is 86.8 cm³/mol. The maximum atomic E-state index is 12.6. The molecule has 120 valence electrons. The van der Waals surface area contributed by atoms with Crippen molar-refractivity contribution >= 4 is 5.91 Å². The SMILES string of the molecule is C[C@H]1OCCN[C@@H]1C(=O)NC1CCC(C)(C)c2ccccc21. The number of carbonyl (C=O) groups is 1. The summed E-state index contributed by atoms with van der Waals surface area (Å²) in [6.45, 7) is 7.92. The molecule has 1 aromatic carbocycles. The molecule has 1 aromatic rings. The van der Waals surface area contributed by atoms with Crippen LogP contribution in [0.3, 0.4) is 0 Å². The van der Waals surface area contributed by atoms with Gasteiger partial charge in [0, 0.05) is 6.54 Å². The molecule has 0 spiro atoms. The molecular formula is C18H26N2O2. The van der Waals surface area contributed by atoms with E-state index < -0.39 is 0 Å². The molecule has 0 saturated carbocycles. The van der Waals surface area contributed by atoms with E-state index in [2.05, 4.69) is 48.7 Å². The van der Waals surface area contributed by atoms with Gasteiger partial charge in [0.05, 0.1) is 18.8 Å². The number of nitrogens with one attached hydrogen (secondary N) is 2. The van der Waals surface area contributed by atoms with Crippen LogP contribution in [-0.4, -0.2) is 31.2 Å². The van der Waals surface area contributed by atoms with E-state index in [1.165, 1.54) is 11.1 Å². The molecule has 22 heavy (non-hydrogen) atoms. The number of fused-ring (bicyclic) bond motifs is 1. The van der Waals surface area contributed by atoms with Gasteiger partial charge in [-0.15, -0.1) is 0 Å². The largest absolute Gasteiger partial charge is 0.375 e. The van der Waals surface area contributed by atoms with Crippen molar-refractivity contribution in [3.63, 3.8) is 0 Å². The summed E-state index contributed by atoms with van der Waals surface area (Å²) in [5, 5.41) is 6.49. The molecular weight excluding hydrogens is 276 g/mol. The molecule has 1 aliphatic heterocycles. The minimum Gasteiger partial charge on any atom is -0.375 e. The van der Waals surface area contributed by atoms with Gasteiger partial charge in [-0.3, -0.25) is 4.79 Å². The molecule has 3 rings (SSSR count). The van der Waals surface area contributed by atoms with Gasteiger partial charge in [-0.1, -0.05) is 38.1 Å². The van der Waals surface area contributed by atoms with E-state index in [1.807, 2.05) is 6.92 Å². The molecule has 1 saturated heterocycles. The molecule has 2 N–H and O–H groups in total. The molecule has 4 heteroatoms. The summed E-state index contributed by atoms with van der Waals surface area (Å²) < 4.78 is 5.58. The molecule has 1 aliphatic carbocycles. The minimum atomic E-state index is -0.254. The van der Waals surface area contributed by atoms with Gasteiger partial charge < -0.3 is 15.4 Å². The molecule has 4 nitrogen and oxygen atoms in total. The van der Waals surface area contributed by atoms with E-state index in [4.69, 9.17) is 4.74 Å². The van der Waals surface area contributed by atoms with Gasteiger partial charge in [-0.2, -0.15) is 0 Å². The van der Waals surface area contributed by atoms with E-state index in [0.717, 1.165) is 19.4 Å². The van der Waals surface area contributed by atoms with Crippen LogP contribution in [0.5, 0.6) is 0 Å². The average molecular weight is 302 g/mol. The van der Waals surface area contributed by atoms with E-state index in [0.29, 0.717) is 6.61 Å². The standard InChI is InChI=1S/C18H26N2O2/c1-12-16(19-10-11-22-12)17(21)20-15-8-9-18(2,3)14-7-5-4-6-13(14)15/h4-7,12,15-16,19H,8-11H2,1-3H3,(H,20,21)/t12-,15?,16+/m1/s1. The maximum absolute atomic E-state index is 12.6. The van der Waals surface area contributed by atoms with Crippen LogP contribution in [0.25, 0.3) is 0 Å². The lowest BCUT2D eigenvalue weighted by Crippen LogP contribution is -2.56. The first-order valence-electron chi connectivity index (χ1n) is 8.24. The Hall–Kier alpha value is -1.39. The number of amides is 1. The number of morpholine rings is 1. The highest BCUT2D eigenvalue weighted by Gasteiger charge is 2.35. The van der Waals surface area contributed by atoms with Crippen LogP contribution in [0.4, 0.5) is 0 Å². The van der Waals surface area contributed by atoms with E-state index in [-0.39, 0.29) is 29.5 Å². The quantitative estimate of drug-likeness (QED) is 0.881. The van der Waals surface area contributed by atoms with Crippen molar-refractivity contribution in [2.45, 2.75) is 57.2 Å². The predicted octanol–water partition coefficient (Wildman–Crippen LogP) is 2.29. The first kappa shape index (κ1) is 15.5. The molecule has 3 atom stereocenters. The topological polar surface area (TPSA) is 50.4 Å². The van der Waals surface area contributed by atoms with Crippen molar-refractivity contribution in [2.24, 2.45) is 0 Å². The highest BCUT2D eigenvalue weighted by Crippen LogP contribution is 2.41. The lowest BCUT2D eigenvalue weighted by molar-refractivity contribution is -0.129. The summed E-state index contributed by atoms with van der Waals surface area (Å²) in [5.41, 5.74) is 2.79. The van der Waals surface area contributed by atoms with Crippen LogP contribution in [0.2, 0.25) is 0 Å². The molecule has 0 aromatic heterocycles. The molecule has 1 unspecified atom stereocenters. The summed E-state index contributed by atoms with van der Waals surface area (Å²) in [4.78, 5) is 12.6. The second-order valence-corrected chi connectivity index (χ2v) is 7.08. The number of carbonyl (C=O) groups excluding carboxylic acids is 1. The number of hydrogen-bond acceptors (Lipinski definition) is 3. The van der Waals surface area contributed by atoms with Crippen molar-refractivity contribution in [1.82, 2.24) is 10.6 Å². The Morgan fingerprint density at radius 1 is 1.36 bits per heavy atom. The Morgan fingerprint density at radius 3 is 2.91 bits per heavy atom. The van der Waals surface area contributed by atoms with Gasteiger partial charge in [0.1, 0.15) is 6.04 Å². The van der Waals surface area contributed by atoms with Crippen molar-refractivity contribution in [2.75, 3.05) is 13.2 Å². The van der Waals surface area contributed by atoms with Crippen LogP contribution in [0.1, 0.15) is 50.8 Å². The first-order valence-corrected chi connectivity index (χ1v) is 8.24. The first-order chi connectivity index (χ1) is 10.5. The van der Waals surface area contributed by atoms with Crippen LogP contribution in [-0.2, 0) is 14.9 Å². The third-order valence-corrected chi connectivity index (χ3v) is 5.04. The molecule has 1 amide bonds. The van der Waals surface area contributed by atoms with Gasteiger partial charge in [0.15, 0.2) is 0 Å². The third kappa shape index (κ3) is 2.90. The second-order valence-electron chi connectivity index (χ2n) is 7.08. The Balaban J connectivity index is 1.77. The van der Waals surface area contributed by atoms with Gasteiger partial charge in [0.25, 0.3) is 0 Å². The average Bonchev–Trinajstić information content (AvgIpc) is 2.51. The summed E-state index contributed by atoms with van der Waals surface area (Å²) in [7, 11) is 0. The molecule has 1 heterocycles. The lowest BCUT2D eigenvalue weighted by atomic mass is 9.71. The van der Waals surface area contributed by atoms with Gasteiger partial charge in [-0.25, -0.2) is 0 Å². The van der Waals surface area contributed by atoms with Crippen LogP contribution >= 0.6 is 0 Å². The third-order valence-electron chi connectivity index (χ3n) is 5.04. The normalized spacial score (nSPS) is 30.4. The summed E-state index contributed by atoms with van der Waals surface area (Å²) in [6, 6.07) is 8.34.